The van der Waals surface area contributed by atoms with Crippen LogP contribution < -0.4 is 4.90 Å². The molecule has 1 saturated heterocycles. The third-order valence-corrected chi connectivity index (χ3v) is 2.46. The Labute approximate surface area is 93.4 Å². The average Bonchev–Trinajstić information content (AvgIpc) is 2.43. The van der Waals surface area contributed by atoms with E-state index in [2.05, 4.69) is 27.0 Å². The van der Waals surface area contributed by atoms with Gasteiger partial charge in [-0.15, -0.1) is 5.10 Å². The van der Waals surface area contributed by atoms with Gasteiger partial charge in [0.2, 0.25) is 5.28 Å². The van der Waals surface area contributed by atoms with Crippen molar-refractivity contribution < 1.29 is 4.74 Å². The number of nitrogens with zero attached hydrogens (tertiary/aromatic N) is 4. The molecule has 0 bridgehead atoms. The molecule has 0 amide bonds. The van der Waals surface area contributed by atoms with Crippen LogP contribution >= 0.6 is 11.6 Å². The van der Waals surface area contributed by atoms with Gasteiger partial charge in [-0.1, -0.05) is 0 Å². The van der Waals surface area contributed by atoms with Crippen molar-refractivity contribution in [3.8, 4) is 0 Å². The summed E-state index contributed by atoms with van der Waals surface area (Å²) >= 11 is 5.70. The minimum atomic E-state index is 0.185. The zero-order valence-electron chi connectivity index (χ0n) is 8.56. The summed E-state index contributed by atoms with van der Waals surface area (Å²) in [6, 6.07) is 0. The molecule has 6 heteroatoms. The standard InChI is InChI=1S/C9H13ClN4O/c1-7-6-14(3-2-4-15-7)8-5-11-13-9(10)12-8/h5,7H,2-4,6H2,1H3. The van der Waals surface area contributed by atoms with E-state index in [0.29, 0.717) is 0 Å². The van der Waals surface area contributed by atoms with Crippen LogP contribution in [0.4, 0.5) is 5.82 Å². The Kier molecular flexibility index (Phi) is 3.33. The van der Waals surface area contributed by atoms with Gasteiger partial charge in [-0.2, -0.15) is 10.1 Å². The van der Waals surface area contributed by atoms with E-state index in [1.165, 1.54) is 0 Å². The molecular formula is C9H13ClN4O. The van der Waals surface area contributed by atoms with Gasteiger partial charge in [0, 0.05) is 19.7 Å². The van der Waals surface area contributed by atoms with Gasteiger partial charge < -0.3 is 9.64 Å². The lowest BCUT2D eigenvalue weighted by Crippen LogP contribution is -2.31. The smallest absolute Gasteiger partial charge is 0.244 e. The molecule has 1 aromatic heterocycles. The third-order valence-electron chi connectivity index (χ3n) is 2.30. The number of halogens is 1. The maximum Gasteiger partial charge on any atom is 0.244 e. The summed E-state index contributed by atoms with van der Waals surface area (Å²) in [6.45, 7) is 4.58. The topological polar surface area (TPSA) is 51.1 Å². The molecule has 1 aliphatic rings. The fourth-order valence-electron chi connectivity index (χ4n) is 1.63. The Morgan fingerprint density at radius 3 is 3.27 bits per heavy atom. The molecule has 1 atom stereocenters. The van der Waals surface area contributed by atoms with Crippen molar-refractivity contribution in [2.75, 3.05) is 24.6 Å². The van der Waals surface area contributed by atoms with E-state index in [1.54, 1.807) is 6.20 Å². The van der Waals surface area contributed by atoms with Crippen LogP contribution in [-0.2, 0) is 4.74 Å². The van der Waals surface area contributed by atoms with Crippen LogP contribution in [0.2, 0.25) is 5.28 Å². The molecule has 1 aromatic rings. The van der Waals surface area contributed by atoms with E-state index < -0.39 is 0 Å². The van der Waals surface area contributed by atoms with Gasteiger partial charge in [0.05, 0.1) is 12.3 Å². The van der Waals surface area contributed by atoms with Gasteiger partial charge in [0.15, 0.2) is 5.82 Å². The normalized spacial score (nSPS) is 22.5. The summed E-state index contributed by atoms with van der Waals surface area (Å²) in [7, 11) is 0. The molecule has 0 aliphatic carbocycles. The maximum absolute atomic E-state index is 5.70. The van der Waals surface area contributed by atoms with Crippen LogP contribution in [0.5, 0.6) is 0 Å². The second-order valence-corrected chi connectivity index (χ2v) is 3.90. The van der Waals surface area contributed by atoms with Crippen molar-refractivity contribution in [1.82, 2.24) is 15.2 Å². The average molecular weight is 229 g/mol. The molecule has 0 saturated carbocycles. The predicted molar refractivity (Wildman–Crippen MR) is 57.1 cm³/mol. The SMILES string of the molecule is CC1CN(c2cnnc(Cl)n2)CCCO1. The second kappa shape index (κ2) is 4.72. The highest BCUT2D eigenvalue weighted by molar-refractivity contribution is 6.28. The van der Waals surface area contributed by atoms with Crippen LogP contribution in [0.1, 0.15) is 13.3 Å². The number of aromatic nitrogens is 3. The first-order valence-electron chi connectivity index (χ1n) is 4.97. The van der Waals surface area contributed by atoms with Crippen LogP contribution in [-0.4, -0.2) is 41.0 Å². The highest BCUT2D eigenvalue weighted by Gasteiger charge is 2.16. The molecule has 2 rings (SSSR count). The van der Waals surface area contributed by atoms with E-state index in [9.17, 15) is 0 Å². The molecule has 1 aliphatic heterocycles. The quantitative estimate of drug-likeness (QED) is 0.722. The number of rotatable bonds is 1. The van der Waals surface area contributed by atoms with E-state index in [0.717, 1.165) is 31.9 Å². The van der Waals surface area contributed by atoms with Crippen LogP contribution in [0.15, 0.2) is 6.20 Å². The molecular weight excluding hydrogens is 216 g/mol. The Balaban J connectivity index is 2.14. The fourth-order valence-corrected chi connectivity index (χ4v) is 1.76. The highest BCUT2D eigenvalue weighted by Crippen LogP contribution is 2.14. The summed E-state index contributed by atoms with van der Waals surface area (Å²) in [6.07, 6.45) is 2.83. The summed E-state index contributed by atoms with van der Waals surface area (Å²) in [5.74, 6) is 0.771. The van der Waals surface area contributed by atoms with Gasteiger partial charge in [-0.3, -0.25) is 0 Å². The van der Waals surface area contributed by atoms with Crippen LogP contribution in [0.25, 0.3) is 0 Å². The molecule has 2 heterocycles. The number of ether oxygens (including phenoxy) is 1. The molecule has 0 N–H and O–H groups in total. The number of hydrogen-bond donors (Lipinski definition) is 0. The zero-order valence-corrected chi connectivity index (χ0v) is 9.31. The van der Waals surface area contributed by atoms with Gasteiger partial charge in [0.25, 0.3) is 0 Å². The third kappa shape index (κ3) is 2.76. The first-order chi connectivity index (χ1) is 7.25. The summed E-state index contributed by atoms with van der Waals surface area (Å²) < 4.78 is 5.55. The van der Waals surface area contributed by atoms with Gasteiger partial charge in [-0.25, -0.2) is 0 Å². The predicted octanol–water partition coefficient (Wildman–Crippen LogP) is 1.14. The summed E-state index contributed by atoms with van der Waals surface area (Å²) in [4.78, 5) is 6.26. The lowest BCUT2D eigenvalue weighted by atomic mass is 10.3. The molecule has 0 radical (unpaired) electrons. The second-order valence-electron chi connectivity index (χ2n) is 3.56. The highest BCUT2D eigenvalue weighted by atomic mass is 35.5. The fraction of sp³-hybridized carbons (Fsp3) is 0.667. The molecule has 82 valence electrons. The van der Waals surface area contributed by atoms with Crippen LogP contribution in [0.3, 0.4) is 0 Å². The Bertz CT molecular complexity index is 336. The maximum atomic E-state index is 5.70. The summed E-state index contributed by atoms with van der Waals surface area (Å²) in [5.41, 5.74) is 0. The van der Waals surface area contributed by atoms with Crippen molar-refractivity contribution in [2.45, 2.75) is 19.4 Å². The van der Waals surface area contributed by atoms with Gasteiger partial charge in [-0.05, 0) is 24.9 Å². The van der Waals surface area contributed by atoms with Crippen molar-refractivity contribution >= 4 is 17.4 Å². The largest absolute Gasteiger partial charge is 0.377 e. The Morgan fingerprint density at radius 2 is 2.47 bits per heavy atom. The van der Waals surface area contributed by atoms with Crippen molar-refractivity contribution in [3.63, 3.8) is 0 Å². The molecule has 15 heavy (non-hydrogen) atoms. The first-order valence-corrected chi connectivity index (χ1v) is 5.35. The Morgan fingerprint density at radius 1 is 1.60 bits per heavy atom. The molecule has 1 unspecified atom stereocenters. The molecule has 5 nitrogen and oxygen atoms in total. The minimum Gasteiger partial charge on any atom is -0.377 e. The van der Waals surface area contributed by atoms with Crippen LogP contribution in [0, 0.1) is 0 Å². The molecule has 0 aromatic carbocycles. The van der Waals surface area contributed by atoms with E-state index in [-0.39, 0.29) is 11.4 Å². The summed E-state index contributed by atoms with van der Waals surface area (Å²) in [5, 5.41) is 7.60. The molecule has 0 spiro atoms. The number of hydrogen-bond acceptors (Lipinski definition) is 5. The molecule has 1 fully saturated rings. The zero-order chi connectivity index (χ0) is 10.7. The lowest BCUT2D eigenvalue weighted by Gasteiger charge is -2.22. The van der Waals surface area contributed by atoms with Gasteiger partial charge >= 0.3 is 0 Å². The van der Waals surface area contributed by atoms with E-state index >= 15 is 0 Å². The van der Waals surface area contributed by atoms with Crippen molar-refractivity contribution in [3.05, 3.63) is 11.5 Å². The number of anilines is 1. The first kappa shape index (κ1) is 10.6. The Hall–Kier alpha value is -0.940. The lowest BCUT2D eigenvalue weighted by molar-refractivity contribution is 0.0820. The van der Waals surface area contributed by atoms with Crippen molar-refractivity contribution in [1.29, 1.82) is 0 Å². The van der Waals surface area contributed by atoms with Crippen molar-refractivity contribution in [2.24, 2.45) is 0 Å². The van der Waals surface area contributed by atoms with E-state index in [1.807, 2.05) is 0 Å². The minimum absolute atomic E-state index is 0.185. The van der Waals surface area contributed by atoms with E-state index in [4.69, 9.17) is 16.3 Å². The van der Waals surface area contributed by atoms with Gasteiger partial charge in [0.1, 0.15) is 0 Å². The monoisotopic (exact) mass is 228 g/mol.